The van der Waals surface area contributed by atoms with Gasteiger partial charge < -0.3 is 5.73 Å². The number of anilines is 1. The lowest BCUT2D eigenvalue weighted by molar-refractivity contribution is -0.141. The zero-order valence-corrected chi connectivity index (χ0v) is 8.31. The molecule has 1 aromatic rings. The van der Waals surface area contributed by atoms with Gasteiger partial charge >= 0.3 is 6.18 Å². The maximum Gasteiger partial charge on any atom is 0.434 e. The first-order valence-corrected chi connectivity index (χ1v) is 4.55. The first kappa shape index (κ1) is 11.8. The summed E-state index contributed by atoms with van der Waals surface area (Å²) in [5, 5.41) is 0. The molecule has 15 heavy (non-hydrogen) atoms. The summed E-state index contributed by atoms with van der Waals surface area (Å²) in [7, 11) is 0. The minimum Gasteiger partial charge on any atom is -0.384 e. The summed E-state index contributed by atoms with van der Waals surface area (Å²) in [4.78, 5) is 3.26. The maximum atomic E-state index is 12.5. The van der Waals surface area contributed by atoms with Crippen LogP contribution in [0.5, 0.6) is 0 Å². The van der Waals surface area contributed by atoms with Crippen molar-refractivity contribution >= 4 is 23.5 Å². The van der Waals surface area contributed by atoms with E-state index in [9.17, 15) is 13.2 Å². The highest BCUT2D eigenvalue weighted by atomic mass is 35.5. The van der Waals surface area contributed by atoms with Crippen molar-refractivity contribution in [1.82, 2.24) is 4.98 Å². The van der Waals surface area contributed by atoms with Crippen LogP contribution in [0, 0.1) is 0 Å². The normalized spacial score (nSPS) is 12.3. The first-order chi connectivity index (χ1) is 6.95. The summed E-state index contributed by atoms with van der Waals surface area (Å²) in [6.07, 6.45) is -1.84. The molecule has 0 aliphatic rings. The zero-order valence-electron chi connectivity index (χ0n) is 7.55. The van der Waals surface area contributed by atoms with Gasteiger partial charge in [0.15, 0.2) is 5.69 Å². The van der Waals surface area contributed by atoms with Gasteiger partial charge in [-0.25, -0.2) is 4.98 Å². The van der Waals surface area contributed by atoms with Gasteiger partial charge in [0.25, 0.3) is 0 Å². The molecule has 6 heteroatoms. The van der Waals surface area contributed by atoms with E-state index in [2.05, 4.69) is 4.98 Å². The Labute approximate surface area is 89.6 Å². The molecular formula is C9H8ClF3N2. The average Bonchev–Trinajstić information content (AvgIpc) is 2.14. The molecule has 0 saturated carbocycles. The van der Waals surface area contributed by atoms with Crippen LogP contribution in [0.2, 0.25) is 0 Å². The molecule has 0 aromatic carbocycles. The Bertz CT molecular complexity index is 374. The fraction of sp³-hybridized carbons (Fsp3) is 0.222. The third-order valence-electron chi connectivity index (χ3n) is 1.60. The van der Waals surface area contributed by atoms with Crippen LogP contribution < -0.4 is 5.73 Å². The minimum absolute atomic E-state index is 0.0441. The standard InChI is InChI=1S/C9H8ClF3N2/c10-5-1-2-6-3-4-7(14)15-8(6)9(11,12)13/h1-4H,5H2,(H2,14,15). The Balaban J connectivity index is 3.21. The molecule has 1 rings (SSSR count). The molecule has 0 aliphatic carbocycles. The molecule has 1 heterocycles. The van der Waals surface area contributed by atoms with Crippen molar-refractivity contribution in [1.29, 1.82) is 0 Å². The fourth-order valence-electron chi connectivity index (χ4n) is 1.02. The van der Waals surface area contributed by atoms with Crippen LogP contribution in [0.3, 0.4) is 0 Å². The van der Waals surface area contributed by atoms with Crippen molar-refractivity contribution < 1.29 is 13.2 Å². The summed E-state index contributed by atoms with van der Waals surface area (Å²) < 4.78 is 37.4. The Morgan fingerprint density at radius 2 is 2.07 bits per heavy atom. The molecule has 0 saturated heterocycles. The number of hydrogen-bond acceptors (Lipinski definition) is 2. The van der Waals surface area contributed by atoms with Gasteiger partial charge in [-0.3, -0.25) is 0 Å². The fourth-order valence-corrected chi connectivity index (χ4v) is 1.11. The third-order valence-corrected chi connectivity index (χ3v) is 1.78. The van der Waals surface area contributed by atoms with Gasteiger partial charge in [-0.2, -0.15) is 13.2 Å². The Morgan fingerprint density at radius 3 is 2.60 bits per heavy atom. The molecule has 0 bridgehead atoms. The van der Waals surface area contributed by atoms with Crippen LogP contribution in [-0.4, -0.2) is 10.9 Å². The van der Waals surface area contributed by atoms with Crippen molar-refractivity contribution in [2.75, 3.05) is 11.6 Å². The second-order valence-corrected chi connectivity index (χ2v) is 3.04. The highest BCUT2D eigenvalue weighted by molar-refractivity contribution is 6.19. The van der Waals surface area contributed by atoms with Gasteiger partial charge in [-0.15, -0.1) is 11.6 Å². The van der Waals surface area contributed by atoms with E-state index in [1.54, 1.807) is 0 Å². The Morgan fingerprint density at radius 1 is 1.40 bits per heavy atom. The van der Waals surface area contributed by atoms with E-state index in [-0.39, 0.29) is 17.3 Å². The SMILES string of the molecule is Nc1ccc(C=CCCl)c(C(F)(F)F)n1. The summed E-state index contributed by atoms with van der Waals surface area (Å²) >= 11 is 5.34. The van der Waals surface area contributed by atoms with Gasteiger partial charge in [0.2, 0.25) is 0 Å². The largest absolute Gasteiger partial charge is 0.434 e. The van der Waals surface area contributed by atoms with Crippen molar-refractivity contribution in [3.05, 3.63) is 29.5 Å². The predicted molar refractivity (Wildman–Crippen MR) is 53.4 cm³/mol. The lowest BCUT2D eigenvalue weighted by Gasteiger charge is -2.09. The van der Waals surface area contributed by atoms with Gasteiger partial charge in [-0.05, 0) is 12.1 Å². The quantitative estimate of drug-likeness (QED) is 0.802. The zero-order chi connectivity index (χ0) is 11.5. The number of nitrogen functional groups attached to an aromatic ring is 1. The molecular weight excluding hydrogens is 229 g/mol. The molecule has 0 atom stereocenters. The smallest absolute Gasteiger partial charge is 0.384 e. The summed E-state index contributed by atoms with van der Waals surface area (Å²) in [6.45, 7) is 0. The Hall–Kier alpha value is -1.23. The van der Waals surface area contributed by atoms with Gasteiger partial charge in [0, 0.05) is 11.4 Å². The van der Waals surface area contributed by atoms with Crippen LogP contribution >= 0.6 is 11.6 Å². The number of alkyl halides is 4. The summed E-state index contributed by atoms with van der Waals surface area (Å²) in [5.74, 6) is -0.0212. The number of allylic oxidation sites excluding steroid dienone is 1. The molecule has 2 nitrogen and oxygen atoms in total. The van der Waals surface area contributed by atoms with Crippen LogP contribution in [0.4, 0.5) is 19.0 Å². The maximum absolute atomic E-state index is 12.5. The van der Waals surface area contributed by atoms with Crippen molar-refractivity contribution in [2.45, 2.75) is 6.18 Å². The molecule has 0 amide bonds. The highest BCUT2D eigenvalue weighted by Crippen LogP contribution is 2.31. The monoisotopic (exact) mass is 236 g/mol. The van der Waals surface area contributed by atoms with Gasteiger partial charge in [0.05, 0.1) is 0 Å². The lowest BCUT2D eigenvalue weighted by Crippen LogP contribution is -2.11. The number of halogens is 4. The number of aromatic nitrogens is 1. The van der Waals surface area contributed by atoms with Gasteiger partial charge in [0.1, 0.15) is 5.82 Å². The molecule has 0 unspecified atom stereocenters. The summed E-state index contributed by atoms with van der Waals surface area (Å²) in [5.41, 5.74) is 4.15. The van der Waals surface area contributed by atoms with E-state index in [0.717, 1.165) is 0 Å². The number of rotatable bonds is 2. The van der Waals surface area contributed by atoms with Crippen LogP contribution in [-0.2, 0) is 6.18 Å². The average molecular weight is 237 g/mol. The molecule has 82 valence electrons. The number of nitrogens with zero attached hydrogens (tertiary/aromatic N) is 1. The second-order valence-electron chi connectivity index (χ2n) is 2.73. The van der Waals surface area contributed by atoms with Crippen LogP contribution in [0.1, 0.15) is 11.3 Å². The topological polar surface area (TPSA) is 38.9 Å². The van der Waals surface area contributed by atoms with E-state index in [0.29, 0.717) is 0 Å². The van der Waals surface area contributed by atoms with E-state index >= 15 is 0 Å². The van der Waals surface area contributed by atoms with Gasteiger partial charge in [-0.1, -0.05) is 12.2 Å². The van der Waals surface area contributed by atoms with Crippen LogP contribution in [0.15, 0.2) is 18.2 Å². The number of pyridine rings is 1. The number of nitrogens with two attached hydrogens (primary N) is 1. The van der Waals surface area contributed by atoms with E-state index in [1.165, 1.54) is 24.3 Å². The molecule has 1 aromatic heterocycles. The van der Waals surface area contributed by atoms with Crippen molar-refractivity contribution in [3.63, 3.8) is 0 Å². The van der Waals surface area contributed by atoms with Crippen molar-refractivity contribution in [3.8, 4) is 0 Å². The molecule has 0 radical (unpaired) electrons. The lowest BCUT2D eigenvalue weighted by atomic mass is 10.1. The second kappa shape index (κ2) is 4.53. The molecule has 0 spiro atoms. The first-order valence-electron chi connectivity index (χ1n) is 4.01. The number of hydrogen-bond donors (Lipinski definition) is 1. The third kappa shape index (κ3) is 3.13. The summed E-state index contributed by atoms with van der Waals surface area (Å²) in [6, 6.07) is 2.57. The van der Waals surface area contributed by atoms with Crippen LogP contribution in [0.25, 0.3) is 6.08 Å². The van der Waals surface area contributed by atoms with E-state index < -0.39 is 11.9 Å². The minimum atomic E-state index is -4.51. The molecule has 2 N–H and O–H groups in total. The van der Waals surface area contributed by atoms with E-state index in [4.69, 9.17) is 17.3 Å². The highest BCUT2D eigenvalue weighted by Gasteiger charge is 2.34. The van der Waals surface area contributed by atoms with E-state index in [1.807, 2.05) is 0 Å². The Kier molecular flexibility index (Phi) is 3.57. The molecule has 0 fully saturated rings. The van der Waals surface area contributed by atoms with Crippen molar-refractivity contribution in [2.24, 2.45) is 0 Å². The molecule has 0 aliphatic heterocycles. The predicted octanol–water partition coefficient (Wildman–Crippen LogP) is 2.93.